The number of unbranched alkanes of at least 4 members (excludes halogenated alkanes) is 4. The van der Waals surface area contributed by atoms with Gasteiger partial charge in [-0.3, -0.25) is 0 Å². The molecule has 0 unspecified atom stereocenters. The standard InChI is InChI=1S/C15H24Cl2N2/c1-2-3-4-5-6-10-18-11-12-19-14-9-7-8-13(16)15(14)17/h7-9,18-19H,2-6,10-12H2,1H3. The maximum Gasteiger partial charge on any atom is 0.0823 e. The molecule has 0 bridgehead atoms. The predicted molar refractivity (Wildman–Crippen MR) is 86.6 cm³/mol. The second-order valence-corrected chi connectivity index (χ2v) is 5.48. The minimum atomic E-state index is 0.593. The third kappa shape index (κ3) is 7.05. The van der Waals surface area contributed by atoms with Crippen LogP contribution >= 0.6 is 23.2 Å². The van der Waals surface area contributed by atoms with Gasteiger partial charge in [0.05, 0.1) is 15.7 Å². The van der Waals surface area contributed by atoms with Crippen LogP contribution in [0, 0.1) is 0 Å². The number of rotatable bonds is 10. The fourth-order valence-electron chi connectivity index (χ4n) is 1.90. The summed E-state index contributed by atoms with van der Waals surface area (Å²) < 4.78 is 0. The molecular weight excluding hydrogens is 279 g/mol. The fraction of sp³-hybridized carbons (Fsp3) is 0.600. The van der Waals surface area contributed by atoms with Crippen LogP contribution in [-0.2, 0) is 0 Å². The zero-order chi connectivity index (χ0) is 13.9. The summed E-state index contributed by atoms with van der Waals surface area (Å²) in [5, 5.41) is 7.91. The summed E-state index contributed by atoms with van der Waals surface area (Å²) in [7, 11) is 0. The summed E-state index contributed by atoms with van der Waals surface area (Å²) >= 11 is 12.0. The van der Waals surface area contributed by atoms with Gasteiger partial charge in [-0.15, -0.1) is 0 Å². The average molecular weight is 303 g/mol. The molecule has 2 N–H and O–H groups in total. The number of nitrogens with one attached hydrogen (secondary N) is 2. The third-order valence-electron chi connectivity index (χ3n) is 3.03. The second kappa shape index (κ2) is 10.4. The molecule has 4 heteroatoms. The van der Waals surface area contributed by atoms with Crippen molar-refractivity contribution in [2.75, 3.05) is 25.0 Å². The second-order valence-electron chi connectivity index (χ2n) is 4.69. The van der Waals surface area contributed by atoms with Gasteiger partial charge in [-0.05, 0) is 25.1 Å². The van der Waals surface area contributed by atoms with Crippen molar-refractivity contribution in [2.24, 2.45) is 0 Å². The van der Waals surface area contributed by atoms with Crippen LogP contribution in [0.3, 0.4) is 0 Å². The van der Waals surface area contributed by atoms with Crippen LogP contribution < -0.4 is 10.6 Å². The average Bonchev–Trinajstić information content (AvgIpc) is 2.41. The van der Waals surface area contributed by atoms with E-state index in [-0.39, 0.29) is 0 Å². The molecule has 0 saturated carbocycles. The molecule has 1 rings (SSSR count). The van der Waals surface area contributed by atoms with Crippen molar-refractivity contribution in [2.45, 2.75) is 39.0 Å². The van der Waals surface area contributed by atoms with Crippen molar-refractivity contribution < 1.29 is 0 Å². The molecule has 0 aliphatic rings. The summed E-state index contributed by atoms with van der Waals surface area (Å²) in [6.45, 7) is 5.13. The van der Waals surface area contributed by atoms with Crippen molar-refractivity contribution in [3.05, 3.63) is 28.2 Å². The Morgan fingerprint density at radius 2 is 1.74 bits per heavy atom. The van der Waals surface area contributed by atoms with Gasteiger partial charge in [0.25, 0.3) is 0 Å². The zero-order valence-electron chi connectivity index (χ0n) is 11.6. The molecule has 0 fully saturated rings. The minimum absolute atomic E-state index is 0.593. The van der Waals surface area contributed by atoms with Crippen LogP contribution in [0.15, 0.2) is 18.2 Å². The minimum Gasteiger partial charge on any atom is -0.383 e. The molecule has 0 spiro atoms. The van der Waals surface area contributed by atoms with Gasteiger partial charge in [-0.2, -0.15) is 0 Å². The first kappa shape index (κ1) is 16.6. The van der Waals surface area contributed by atoms with E-state index in [4.69, 9.17) is 23.2 Å². The monoisotopic (exact) mass is 302 g/mol. The highest BCUT2D eigenvalue weighted by Gasteiger charge is 2.02. The highest BCUT2D eigenvalue weighted by Crippen LogP contribution is 2.29. The molecule has 0 radical (unpaired) electrons. The van der Waals surface area contributed by atoms with Gasteiger partial charge in [0.15, 0.2) is 0 Å². The molecule has 0 amide bonds. The molecule has 0 aliphatic carbocycles. The normalized spacial score (nSPS) is 10.7. The zero-order valence-corrected chi connectivity index (χ0v) is 13.2. The van der Waals surface area contributed by atoms with Crippen molar-refractivity contribution in [3.8, 4) is 0 Å². The van der Waals surface area contributed by atoms with E-state index in [1.807, 2.05) is 12.1 Å². The Balaban J connectivity index is 2.03. The van der Waals surface area contributed by atoms with E-state index in [1.54, 1.807) is 6.07 Å². The Morgan fingerprint density at radius 3 is 2.53 bits per heavy atom. The van der Waals surface area contributed by atoms with Gasteiger partial charge >= 0.3 is 0 Å². The first-order chi connectivity index (χ1) is 9.25. The van der Waals surface area contributed by atoms with Crippen LogP contribution in [0.2, 0.25) is 10.0 Å². The van der Waals surface area contributed by atoms with Gasteiger partial charge in [0, 0.05) is 13.1 Å². The van der Waals surface area contributed by atoms with E-state index in [0.717, 1.165) is 25.3 Å². The molecule has 1 aromatic carbocycles. The molecule has 0 aliphatic heterocycles. The summed E-state index contributed by atoms with van der Waals surface area (Å²) in [5.74, 6) is 0. The smallest absolute Gasteiger partial charge is 0.0823 e. The highest BCUT2D eigenvalue weighted by molar-refractivity contribution is 6.43. The van der Waals surface area contributed by atoms with E-state index >= 15 is 0 Å². The molecule has 0 saturated heterocycles. The lowest BCUT2D eigenvalue weighted by atomic mass is 10.1. The molecule has 0 heterocycles. The number of anilines is 1. The summed E-state index contributed by atoms with van der Waals surface area (Å²) in [5.41, 5.74) is 0.902. The molecule has 0 aromatic heterocycles. The molecule has 2 nitrogen and oxygen atoms in total. The maximum atomic E-state index is 6.09. The van der Waals surface area contributed by atoms with E-state index in [9.17, 15) is 0 Å². The first-order valence-electron chi connectivity index (χ1n) is 7.14. The quantitative estimate of drug-likeness (QED) is 0.597. The summed E-state index contributed by atoms with van der Waals surface area (Å²) in [4.78, 5) is 0. The number of halogens is 2. The first-order valence-corrected chi connectivity index (χ1v) is 7.90. The van der Waals surface area contributed by atoms with Crippen LogP contribution in [0.5, 0.6) is 0 Å². The lowest BCUT2D eigenvalue weighted by Crippen LogP contribution is -2.23. The van der Waals surface area contributed by atoms with E-state index in [2.05, 4.69) is 17.6 Å². The Kier molecular flexibility index (Phi) is 9.06. The lowest BCUT2D eigenvalue weighted by molar-refractivity contribution is 0.589. The molecular formula is C15H24Cl2N2. The summed E-state index contributed by atoms with van der Waals surface area (Å²) in [6, 6.07) is 5.64. The molecule has 108 valence electrons. The van der Waals surface area contributed by atoms with Crippen LogP contribution in [0.4, 0.5) is 5.69 Å². The van der Waals surface area contributed by atoms with Crippen LogP contribution in [0.1, 0.15) is 39.0 Å². The van der Waals surface area contributed by atoms with Gasteiger partial charge in [0.1, 0.15) is 0 Å². The third-order valence-corrected chi connectivity index (χ3v) is 3.84. The Labute approximate surface area is 126 Å². The predicted octanol–water partition coefficient (Wildman–Crippen LogP) is 4.97. The Morgan fingerprint density at radius 1 is 0.947 bits per heavy atom. The fourth-order valence-corrected chi connectivity index (χ4v) is 2.27. The molecule has 1 aromatic rings. The SMILES string of the molecule is CCCCCCCNCCNc1cccc(Cl)c1Cl. The van der Waals surface area contributed by atoms with Gasteiger partial charge in [-0.1, -0.05) is 61.9 Å². The van der Waals surface area contributed by atoms with Crippen LogP contribution in [-0.4, -0.2) is 19.6 Å². The largest absolute Gasteiger partial charge is 0.383 e. The van der Waals surface area contributed by atoms with Gasteiger partial charge in [0.2, 0.25) is 0 Å². The number of hydrogen-bond donors (Lipinski definition) is 2. The van der Waals surface area contributed by atoms with Crippen molar-refractivity contribution >= 4 is 28.9 Å². The van der Waals surface area contributed by atoms with Gasteiger partial charge in [-0.25, -0.2) is 0 Å². The maximum absolute atomic E-state index is 6.09. The van der Waals surface area contributed by atoms with Crippen molar-refractivity contribution in [1.82, 2.24) is 5.32 Å². The summed E-state index contributed by atoms with van der Waals surface area (Å²) in [6.07, 6.45) is 6.60. The lowest BCUT2D eigenvalue weighted by Gasteiger charge is -2.10. The number of hydrogen-bond acceptors (Lipinski definition) is 2. The Bertz CT molecular complexity index is 356. The van der Waals surface area contributed by atoms with Crippen molar-refractivity contribution in [3.63, 3.8) is 0 Å². The molecule has 0 atom stereocenters. The molecule has 19 heavy (non-hydrogen) atoms. The number of benzene rings is 1. The van der Waals surface area contributed by atoms with E-state index < -0.39 is 0 Å². The van der Waals surface area contributed by atoms with Gasteiger partial charge < -0.3 is 10.6 Å². The topological polar surface area (TPSA) is 24.1 Å². The van der Waals surface area contributed by atoms with Crippen molar-refractivity contribution in [1.29, 1.82) is 0 Å². The van der Waals surface area contributed by atoms with E-state index in [0.29, 0.717) is 10.0 Å². The van der Waals surface area contributed by atoms with Crippen LogP contribution in [0.25, 0.3) is 0 Å². The highest BCUT2D eigenvalue weighted by atomic mass is 35.5. The Hall–Kier alpha value is -0.440. The van der Waals surface area contributed by atoms with E-state index in [1.165, 1.54) is 32.1 Å².